The highest BCUT2D eigenvalue weighted by Crippen LogP contribution is 2.31. The molecule has 1 aliphatic rings. The molecule has 0 amide bonds. The van der Waals surface area contributed by atoms with Crippen molar-refractivity contribution in [2.24, 2.45) is 0 Å². The van der Waals surface area contributed by atoms with Crippen molar-refractivity contribution in [1.29, 1.82) is 0 Å². The van der Waals surface area contributed by atoms with Gasteiger partial charge in [0.25, 0.3) is 0 Å². The van der Waals surface area contributed by atoms with E-state index in [1.165, 1.54) is 39.3 Å². The molecule has 4 heteroatoms. The summed E-state index contributed by atoms with van der Waals surface area (Å²) in [6, 6.07) is 6.59. The zero-order chi connectivity index (χ0) is 17.6. The zero-order valence-corrected chi connectivity index (χ0v) is 15.3. The Kier molecular flexibility index (Phi) is 3.83. The van der Waals surface area contributed by atoms with Gasteiger partial charge < -0.3 is 9.88 Å². The van der Waals surface area contributed by atoms with Crippen LogP contribution in [0, 0.1) is 27.7 Å². The summed E-state index contributed by atoms with van der Waals surface area (Å²) in [5, 5.41) is 0. The van der Waals surface area contributed by atoms with Crippen LogP contribution in [0.3, 0.4) is 0 Å². The van der Waals surface area contributed by atoms with Gasteiger partial charge in [0.05, 0.1) is 11.9 Å². The fraction of sp³-hybridized carbons (Fsp3) is 0.333. The normalized spacial score (nSPS) is 13.8. The number of aromatic nitrogens is 3. The molecule has 0 unspecified atom stereocenters. The van der Waals surface area contributed by atoms with Crippen molar-refractivity contribution in [2.45, 2.75) is 40.7 Å². The van der Waals surface area contributed by atoms with Gasteiger partial charge in [-0.2, -0.15) is 0 Å². The number of fused-ring (bicyclic) bond motifs is 1. The second-order valence-electron chi connectivity index (χ2n) is 7.11. The van der Waals surface area contributed by atoms with Crippen LogP contribution < -0.4 is 4.90 Å². The van der Waals surface area contributed by atoms with Crippen molar-refractivity contribution in [3.05, 3.63) is 64.4 Å². The predicted octanol–water partition coefficient (Wildman–Crippen LogP) is 4.27. The first kappa shape index (κ1) is 15.9. The molecule has 0 aromatic carbocycles. The third-order valence-corrected chi connectivity index (χ3v) is 5.08. The lowest BCUT2D eigenvalue weighted by Crippen LogP contribution is -2.30. The number of pyridine rings is 2. The number of nitrogens with zero attached hydrogens (tertiary/aromatic N) is 3. The highest BCUT2D eigenvalue weighted by molar-refractivity contribution is 5.65. The van der Waals surface area contributed by atoms with Gasteiger partial charge in [-0.25, -0.2) is 0 Å². The number of nitrogens with one attached hydrogen (secondary N) is 1. The van der Waals surface area contributed by atoms with E-state index < -0.39 is 0 Å². The van der Waals surface area contributed by atoms with Crippen LogP contribution >= 0.6 is 0 Å². The van der Waals surface area contributed by atoms with E-state index in [0.717, 1.165) is 30.9 Å². The van der Waals surface area contributed by atoms with Gasteiger partial charge in [0.1, 0.15) is 0 Å². The Hall–Kier alpha value is -2.62. The van der Waals surface area contributed by atoms with Crippen molar-refractivity contribution in [3.8, 4) is 11.3 Å². The first-order chi connectivity index (χ1) is 12.0. The minimum Gasteiger partial charge on any atom is -0.365 e. The fourth-order valence-corrected chi connectivity index (χ4v) is 3.79. The van der Waals surface area contributed by atoms with Crippen molar-refractivity contribution in [3.63, 3.8) is 0 Å². The summed E-state index contributed by atoms with van der Waals surface area (Å²) < 4.78 is 0. The molecule has 128 valence electrons. The van der Waals surface area contributed by atoms with E-state index in [9.17, 15) is 0 Å². The number of hydrogen-bond acceptors (Lipinski definition) is 3. The Morgan fingerprint density at radius 2 is 1.64 bits per heavy atom. The van der Waals surface area contributed by atoms with E-state index in [1.54, 1.807) is 0 Å². The van der Waals surface area contributed by atoms with E-state index in [1.807, 2.05) is 26.2 Å². The largest absolute Gasteiger partial charge is 0.365 e. The smallest absolute Gasteiger partial charge is 0.0585 e. The van der Waals surface area contributed by atoms with E-state index in [4.69, 9.17) is 0 Å². The topological polar surface area (TPSA) is 44.8 Å². The molecular formula is C21H24N4. The third-order valence-electron chi connectivity index (χ3n) is 5.08. The molecule has 4 rings (SSSR count). The summed E-state index contributed by atoms with van der Waals surface area (Å²) >= 11 is 0. The van der Waals surface area contributed by atoms with Gasteiger partial charge in [0.15, 0.2) is 0 Å². The Morgan fingerprint density at radius 1 is 0.920 bits per heavy atom. The highest BCUT2D eigenvalue weighted by atomic mass is 15.1. The molecule has 0 atom stereocenters. The molecule has 0 spiro atoms. The minimum atomic E-state index is 0.926. The molecule has 0 radical (unpaired) electrons. The predicted molar refractivity (Wildman–Crippen MR) is 102 cm³/mol. The molecule has 4 nitrogen and oxygen atoms in total. The molecule has 1 N–H and O–H groups in total. The van der Waals surface area contributed by atoms with Crippen LogP contribution in [0.15, 0.2) is 30.6 Å². The Morgan fingerprint density at radius 3 is 2.36 bits per heavy atom. The molecule has 0 saturated carbocycles. The number of aromatic amines is 1. The van der Waals surface area contributed by atoms with Crippen molar-refractivity contribution in [1.82, 2.24) is 15.0 Å². The zero-order valence-electron chi connectivity index (χ0n) is 15.3. The van der Waals surface area contributed by atoms with E-state index in [2.05, 4.69) is 51.9 Å². The van der Waals surface area contributed by atoms with Gasteiger partial charge in [0.2, 0.25) is 0 Å². The molecule has 0 bridgehead atoms. The maximum absolute atomic E-state index is 4.49. The van der Waals surface area contributed by atoms with Crippen LogP contribution in [0.4, 0.5) is 5.69 Å². The minimum absolute atomic E-state index is 0.926. The van der Waals surface area contributed by atoms with Gasteiger partial charge in [0, 0.05) is 54.0 Å². The van der Waals surface area contributed by atoms with Crippen LogP contribution in [0.1, 0.15) is 33.8 Å². The van der Waals surface area contributed by atoms with Crippen molar-refractivity contribution in [2.75, 3.05) is 11.4 Å². The van der Waals surface area contributed by atoms with Crippen LogP contribution in [0.25, 0.3) is 11.3 Å². The monoisotopic (exact) mass is 332 g/mol. The number of rotatable bonds is 2. The number of hydrogen-bond donors (Lipinski definition) is 1. The molecule has 0 fully saturated rings. The molecule has 0 saturated heterocycles. The molecule has 3 aromatic rings. The van der Waals surface area contributed by atoms with E-state index in [0.29, 0.717) is 0 Å². The number of aryl methyl sites for hydroxylation is 4. The third kappa shape index (κ3) is 2.93. The SMILES string of the molecule is Cc1cc(C)c(-c2cc3c([nH]2)CCN(c2cnc(C)cc2C)C3)cn1. The lowest BCUT2D eigenvalue weighted by Gasteiger charge is -2.30. The van der Waals surface area contributed by atoms with Crippen LogP contribution in [0.5, 0.6) is 0 Å². The van der Waals surface area contributed by atoms with Gasteiger partial charge in [-0.15, -0.1) is 0 Å². The van der Waals surface area contributed by atoms with E-state index in [-0.39, 0.29) is 0 Å². The summed E-state index contributed by atoms with van der Waals surface area (Å²) in [5.41, 5.74) is 11.0. The average Bonchev–Trinajstić information content (AvgIpc) is 2.97. The molecular weight excluding hydrogens is 308 g/mol. The molecule has 3 aromatic heterocycles. The lowest BCUT2D eigenvalue weighted by atomic mass is 10.0. The maximum Gasteiger partial charge on any atom is 0.0585 e. The quantitative estimate of drug-likeness (QED) is 0.762. The molecule has 25 heavy (non-hydrogen) atoms. The van der Waals surface area contributed by atoms with Gasteiger partial charge in [-0.3, -0.25) is 9.97 Å². The lowest BCUT2D eigenvalue weighted by molar-refractivity contribution is 0.719. The maximum atomic E-state index is 4.49. The fourth-order valence-electron chi connectivity index (χ4n) is 3.79. The molecule has 1 aliphatic heterocycles. The van der Waals surface area contributed by atoms with Crippen molar-refractivity contribution < 1.29 is 0 Å². The highest BCUT2D eigenvalue weighted by Gasteiger charge is 2.21. The Labute approximate surface area is 149 Å². The number of anilines is 1. The van der Waals surface area contributed by atoms with Crippen molar-refractivity contribution >= 4 is 5.69 Å². The second-order valence-corrected chi connectivity index (χ2v) is 7.11. The summed E-state index contributed by atoms with van der Waals surface area (Å²) in [4.78, 5) is 15.0. The first-order valence-corrected chi connectivity index (χ1v) is 8.84. The standard InChI is InChI=1S/C21H24N4/c1-13-7-15(3)22-10-18(13)20-9-17-12-25(6-5-19(17)24-20)21-11-23-16(4)8-14(21)2/h7-11,24H,5-6,12H2,1-4H3. The molecule has 4 heterocycles. The van der Waals surface area contributed by atoms with Crippen LogP contribution in [-0.2, 0) is 13.0 Å². The average molecular weight is 332 g/mol. The summed E-state index contributed by atoms with van der Waals surface area (Å²) in [6.07, 6.45) is 5.02. The van der Waals surface area contributed by atoms with Gasteiger partial charge >= 0.3 is 0 Å². The summed E-state index contributed by atoms with van der Waals surface area (Å²) in [6.45, 7) is 10.3. The van der Waals surface area contributed by atoms with Crippen LogP contribution in [-0.4, -0.2) is 21.5 Å². The Bertz CT molecular complexity index is 939. The van der Waals surface area contributed by atoms with Crippen LogP contribution in [0.2, 0.25) is 0 Å². The summed E-state index contributed by atoms with van der Waals surface area (Å²) in [5.74, 6) is 0. The Balaban J connectivity index is 1.65. The second kappa shape index (κ2) is 6.03. The van der Waals surface area contributed by atoms with Gasteiger partial charge in [-0.1, -0.05) is 0 Å². The molecule has 0 aliphatic carbocycles. The van der Waals surface area contributed by atoms with Gasteiger partial charge in [-0.05, 0) is 62.6 Å². The summed E-state index contributed by atoms with van der Waals surface area (Å²) in [7, 11) is 0. The first-order valence-electron chi connectivity index (χ1n) is 8.84. The van der Waals surface area contributed by atoms with E-state index >= 15 is 0 Å². The number of H-pyrrole nitrogens is 1.